The zero-order valence-corrected chi connectivity index (χ0v) is 12.6. The van der Waals surface area contributed by atoms with Crippen molar-refractivity contribution in [2.75, 3.05) is 0 Å². The summed E-state index contributed by atoms with van der Waals surface area (Å²) in [5.41, 5.74) is -1.51. The van der Waals surface area contributed by atoms with Gasteiger partial charge >= 0.3 is 6.09 Å². The maximum Gasteiger partial charge on any atom is 0.408 e. The molecule has 5 nitrogen and oxygen atoms in total. The quantitative estimate of drug-likeness (QED) is 0.841. The number of hydrogen-bond donors (Lipinski definition) is 2. The van der Waals surface area contributed by atoms with E-state index in [0.29, 0.717) is 11.8 Å². The monoisotopic (exact) mass is 299 g/mol. The van der Waals surface area contributed by atoms with E-state index in [9.17, 15) is 14.7 Å². The van der Waals surface area contributed by atoms with Gasteiger partial charge in [0.2, 0.25) is 0 Å². The molecule has 0 heterocycles. The highest BCUT2D eigenvalue weighted by molar-refractivity contribution is 6.32. The Morgan fingerprint density at radius 3 is 2.40 bits per heavy atom. The summed E-state index contributed by atoms with van der Waals surface area (Å²) in [5.74, 6) is -0.0964. The summed E-state index contributed by atoms with van der Waals surface area (Å²) in [6.07, 6.45) is -0.129. The number of halogens is 1. The van der Waals surface area contributed by atoms with E-state index in [-0.39, 0.29) is 10.8 Å². The minimum absolute atomic E-state index is 0.0964. The number of benzene rings is 1. The van der Waals surface area contributed by atoms with Crippen molar-refractivity contribution in [2.24, 2.45) is 0 Å². The topological polar surface area (TPSA) is 75.6 Å². The number of alkyl carbamates (subject to hydrolysis) is 1. The fourth-order valence-electron chi connectivity index (χ4n) is 1.52. The molecule has 1 aromatic carbocycles. The minimum Gasteiger partial charge on any atom is -0.506 e. The second kappa shape index (κ2) is 5.71. The molecule has 1 rings (SSSR count). The molecule has 20 heavy (non-hydrogen) atoms. The van der Waals surface area contributed by atoms with Gasteiger partial charge < -0.3 is 20.0 Å². The number of phenolic OH excluding ortho intramolecular Hbond substituents is 1. The highest BCUT2D eigenvalue weighted by atomic mass is 35.5. The smallest absolute Gasteiger partial charge is 0.408 e. The number of amides is 1. The first-order valence-corrected chi connectivity index (χ1v) is 6.42. The summed E-state index contributed by atoms with van der Waals surface area (Å²) in [7, 11) is 0. The average molecular weight is 300 g/mol. The van der Waals surface area contributed by atoms with Crippen molar-refractivity contribution in [1.29, 1.82) is 0 Å². The normalized spacial score (nSPS) is 14.2. The molecule has 0 spiro atoms. The van der Waals surface area contributed by atoms with Crippen LogP contribution in [0.4, 0.5) is 4.79 Å². The first kappa shape index (κ1) is 16.3. The second-order valence-electron chi connectivity index (χ2n) is 5.61. The van der Waals surface area contributed by atoms with Crippen molar-refractivity contribution in [1.82, 2.24) is 5.32 Å². The molecule has 0 bridgehead atoms. The van der Waals surface area contributed by atoms with Gasteiger partial charge in [-0.3, -0.25) is 0 Å². The van der Waals surface area contributed by atoms with Crippen molar-refractivity contribution >= 4 is 24.0 Å². The molecule has 1 amide bonds. The molecule has 0 radical (unpaired) electrons. The Morgan fingerprint density at radius 2 is 1.95 bits per heavy atom. The van der Waals surface area contributed by atoms with Crippen LogP contribution in [0.1, 0.15) is 33.3 Å². The van der Waals surface area contributed by atoms with Crippen LogP contribution in [0.2, 0.25) is 5.02 Å². The van der Waals surface area contributed by atoms with Gasteiger partial charge in [0.15, 0.2) is 0 Å². The third-order valence-corrected chi connectivity index (χ3v) is 2.85. The number of nitrogens with one attached hydrogen (secondary N) is 1. The predicted octanol–water partition coefficient (Wildman–Crippen LogP) is 2.98. The maximum atomic E-state index is 11.8. The SMILES string of the molecule is CC(C)(C)OC(=O)NC(C)(C=O)c1ccc(O)c(Cl)c1. The molecule has 0 aliphatic heterocycles. The van der Waals surface area contributed by atoms with E-state index in [1.54, 1.807) is 20.8 Å². The number of phenols is 1. The van der Waals surface area contributed by atoms with Gasteiger partial charge in [-0.15, -0.1) is 0 Å². The van der Waals surface area contributed by atoms with Gasteiger partial charge in [-0.1, -0.05) is 17.7 Å². The average Bonchev–Trinajstić information content (AvgIpc) is 2.29. The number of carbonyl (C=O) groups excluding carboxylic acids is 2. The van der Waals surface area contributed by atoms with Crippen molar-refractivity contribution in [3.63, 3.8) is 0 Å². The van der Waals surface area contributed by atoms with Gasteiger partial charge in [0.05, 0.1) is 5.02 Å². The Balaban J connectivity index is 2.99. The largest absolute Gasteiger partial charge is 0.506 e. The lowest BCUT2D eigenvalue weighted by Gasteiger charge is -2.28. The van der Waals surface area contributed by atoms with E-state index in [1.807, 2.05) is 0 Å². The Kier molecular flexibility index (Phi) is 4.65. The summed E-state index contributed by atoms with van der Waals surface area (Å²) < 4.78 is 5.12. The van der Waals surface area contributed by atoms with Crippen LogP contribution >= 0.6 is 11.6 Å². The molecule has 1 atom stereocenters. The Bertz CT molecular complexity index is 524. The Labute approximate surface area is 122 Å². The summed E-state index contributed by atoms with van der Waals surface area (Å²) in [4.78, 5) is 23.1. The molecule has 0 saturated heterocycles. The third-order valence-electron chi connectivity index (χ3n) is 2.54. The van der Waals surface area contributed by atoms with E-state index in [0.717, 1.165) is 0 Å². The van der Waals surface area contributed by atoms with Crippen LogP contribution in [0.5, 0.6) is 5.75 Å². The first-order valence-electron chi connectivity index (χ1n) is 6.04. The highest BCUT2D eigenvalue weighted by Crippen LogP contribution is 2.28. The number of aldehydes is 1. The van der Waals surface area contributed by atoms with Crippen LogP contribution in [-0.4, -0.2) is 23.1 Å². The molecule has 1 unspecified atom stereocenters. The summed E-state index contributed by atoms with van der Waals surface area (Å²) in [5, 5.41) is 12.0. The molecule has 0 aliphatic carbocycles. The number of rotatable bonds is 3. The number of ether oxygens (including phenoxy) is 1. The van der Waals surface area contributed by atoms with Crippen molar-refractivity contribution in [3.05, 3.63) is 28.8 Å². The highest BCUT2D eigenvalue weighted by Gasteiger charge is 2.31. The van der Waals surface area contributed by atoms with E-state index in [1.165, 1.54) is 25.1 Å². The molecular formula is C14H18ClNO4. The minimum atomic E-state index is -1.29. The molecule has 2 N–H and O–H groups in total. The first-order chi connectivity index (χ1) is 9.07. The molecule has 0 fully saturated rings. The lowest BCUT2D eigenvalue weighted by atomic mass is 9.94. The van der Waals surface area contributed by atoms with Crippen LogP contribution in [0, 0.1) is 0 Å². The molecule has 6 heteroatoms. The maximum absolute atomic E-state index is 11.8. The predicted molar refractivity (Wildman–Crippen MR) is 75.9 cm³/mol. The number of aromatic hydroxyl groups is 1. The summed E-state index contributed by atoms with van der Waals surface area (Å²) in [6, 6.07) is 4.28. The zero-order valence-electron chi connectivity index (χ0n) is 11.9. The van der Waals surface area contributed by atoms with Gasteiger partial charge in [-0.25, -0.2) is 4.79 Å². The van der Waals surface area contributed by atoms with E-state index >= 15 is 0 Å². The van der Waals surface area contributed by atoms with Crippen LogP contribution in [0.15, 0.2) is 18.2 Å². The van der Waals surface area contributed by atoms with Crippen LogP contribution in [0.3, 0.4) is 0 Å². The summed E-state index contributed by atoms with van der Waals surface area (Å²) in [6.45, 7) is 6.69. The molecular weight excluding hydrogens is 282 g/mol. The van der Waals surface area contributed by atoms with Gasteiger partial charge in [0.1, 0.15) is 23.2 Å². The van der Waals surface area contributed by atoms with E-state index in [2.05, 4.69) is 5.32 Å². The third kappa shape index (κ3) is 4.13. The zero-order chi connectivity index (χ0) is 15.6. The molecule has 0 saturated carbocycles. The second-order valence-corrected chi connectivity index (χ2v) is 6.02. The van der Waals surface area contributed by atoms with Gasteiger partial charge in [-0.05, 0) is 45.4 Å². The van der Waals surface area contributed by atoms with Crippen LogP contribution in [0.25, 0.3) is 0 Å². The van der Waals surface area contributed by atoms with E-state index in [4.69, 9.17) is 16.3 Å². The van der Waals surface area contributed by atoms with Gasteiger partial charge in [-0.2, -0.15) is 0 Å². The number of hydrogen-bond acceptors (Lipinski definition) is 4. The Morgan fingerprint density at radius 1 is 1.35 bits per heavy atom. The fraction of sp³-hybridized carbons (Fsp3) is 0.429. The van der Waals surface area contributed by atoms with Gasteiger partial charge in [0.25, 0.3) is 0 Å². The lowest BCUT2D eigenvalue weighted by molar-refractivity contribution is -0.113. The fourth-order valence-corrected chi connectivity index (χ4v) is 1.70. The number of carbonyl (C=O) groups is 2. The van der Waals surface area contributed by atoms with E-state index < -0.39 is 17.2 Å². The molecule has 110 valence electrons. The van der Waals surface area contributed by atoms with Crippen molar-refractivity contribution < 1.29 is 19.4 Å². The standard InChI is InChI=1S/C14H18ClNO4/c1-13(2,3)20-12(19)16-14(4,8-17)9-5-6-11(18)10(15)7-9/h5-8,18H,1-4H3,(H,16,19). The molecule has 0 aromatic heterocycles. The lowest BCUT2D eigenvalue weighted by Crippen LogP contribution is -2.46. The van der Waals surface area contributed by atoms with Gasteiger partial charge in [0, 0.05) is 0 Å². The van der Waals surface area contributed by atoms with Crippen molar-refractivity contribution in [2.45, 2.75) is 38.8 Å². The summed E-state index contributed by atoms with van der Waals surface area (Å²) >= 11 is 5.81. The van der Waals surface area contributed by atoms with Crippen LogP contribution < -0.4 is 5.32 Å². The van der Waals surface area contributed by atoms with Crippen LogP contribution in [-0.2, 0) is 15.1 Å². The molecule has 1 aromatic rings. The Hall–Kier alpha value is -1.75. The molecule has 0 aliphatic rings. The van der Waals surface area contributed by atoms with Crippen molar-refractivity contribution in [3.8, 4) is 5.75 Å².